The lowest BCUT2D eigenvalue weighted by Crippen LogP contribution is -2.42. The molecule has 2 rings (SSSR count). The number of aliphatic imine (C=N–C) groups is 2. The molecular formula is C28H47BrN4O2. The minimum atomic E-state index is -0.137. The van der Waals surface area contributed by atoms with Gasteiger partial charge in [0.15, 0.2) is 0 Å². The Labute approximate surface area is 221 Å². The van der Waals surface area contributed by atoms with Gasteiger partial charge in [0.2, 0.25) is 5.91 Å². The number of carbonyl (C=O) groups excluding carboxylic acids is 2. The summed E-state index contributed by atoms with van der Waals surface area (Å²) in [5.41, 5.74) is 0. The van der Waals surface area contributed by atoms with Gasteiger partial charge < -0.3 is 10.2 Å². The summed E-state index contributed by atoms with van der Waals surface area (Å²) >= 11 is 3.44. The fourth-order valence-corrected chi connectivity index (χ4v) is 4.13. The number of carbonyl (C=O) groups is 2. The summed E-state index contributed by atoms with van der Waals surface area (Å²) in [5.74, 6) is 1.62. The Bertz CT molecular complexity index is 786. The number of hydrogen-bond acceptors (Lipinski definition) is 3. The molecule has 2 aliphatic rings. The van der Waals surface area contributed by atoms with Crippen LogP contribution in [0.1, 0.15) is 80.6 Å². The van der Waals surface area contributed by atoms with Gasteiger partial charge in [-0.1, -0.05) is 68.8 Å². The van der Waals surface area contributed by atoms with Crippen LogP contribution in [0.3, 0.4) is 0 Å². The van der Waals surface area contributed by atoms with Crippen LogP contribution in [0.15, 0.2) is 32.7 Å². The van der Waals surface area contributed by atoms with E-state index >= 15 is 0 Å². The minimum Gasteiger partial charge on any atom is -0.360 e. The van der Waals surface area contributed by atoms with Gasteiger partial charge in [0.25, 0.3) is 0 Å². The first-order valence-electron chi connectivity index (χ1n) is 13.5. The number of hydrogen-bond donors (Lipinski definition) is 1. The molecule has 1 N–H and O–H groups in total. The second-order valence-corrected chi connectivity index (χ2v) is 10.3. The van der Waals surface area contributed by atoms with Crippen molar-refractivity contribution in [2.24, 2.45) is 33.7 Å². The van der Waals surface area contributed by atoms with E-state index in [0.29, 0.717) is 24.7 Å². The smallest absolute Gasteiger partial charge is 0.227 e. The molecule has 4 atom stereocenters. The third-order valence-corrected chi connectivity index (χ3v) is 7.11. The van der Waals surface area contributed by atoms with E-state index in [4.69, 9.17) is 4.99 Å². The molecule has 2 aliphatic carbocycles. The Morgan fingerprint density at radius 1 is 1.20 bits per heavy atom. The minimum absolute atomic E-state index is 0.0292. The Morgan fingerprint density at radius 2 is 1.89 bits per heavy atom. The molecular weight excluding hydrogens is 504 g/mol. The summed E-state index contributed by atoms with van der Waals surface area (Å²) in [6.45, 7) is 16.5. The van der Waals surface area contributed by atoms with Crippen molar-refractivity contribution in [1.29, 1.82) is 0 Å². The fraction of sp³-hybridized carbons (Fsp3) is 0.714. The van der Waals surface area contributed by atoms with Gasteiger partial charge in [0, 0.05) is 47.9 Å². The zero-order valence-electron chi connectivity index (χ0n) is 22.9. The highest BCUT2D eigenvalue weighted by Gasteiger charge is 2.32. The van der Waals surface area contributed by atoms with Crippen LogP contribution in [0.2, 0.25) is 0 Å². The number of rotatable bonds is 13. The predicted octanol–water partition coefficient (Wildman–Crippen LogP) is 6.17. The summed E-state index contributed by atoms with van der Waals surface area (Å²) in [5, 5.41) is 3.10. The van der Waals surface area contributed by atoms with Gasteiger partial charge in [0.1, 0.15) is 18.0 Å². The van der Waals surface area contributed by atoms with E-state index < -0.39 is 0 Å². The van der Waals surface area contributed by atoms with Crippen LogP contribution >= 0.6 is 15.9 Å². The maximum atomic E-state index is 12.6. The Balaban J connectivity index is 0.00000298. The first-order chi connectivity index (χ1) is 16.8. The number of nitrogens with one attached hydrogen (secondary N) is 1. The normalized spacial score (nSPS) is 20.4. The molecule has 0 spiro atoms. The molecule has 35 heavy (non-hydrogen) atoms. The Morgan fingerprint density at radius 3 is 2.43 bits per heavy atom. The molecule has 7 heteroatoms. The molecule has 4 unspecified atom stereocenters. The highest BCUT2D eigenvalue weighted by Crippen LogP contribution is 2.33. The largest absolute Gasteiger partial charge is 0.360 e. The molecule has 1 saturated carbocycles. The van der Waals surface area contributed by atoms with Crippen molar-refractivity contribution >= 4 is 39.8 Å². The molecule has 0 aromatic heterocycles. The molecule has 6 nitrogen and oxygen atoms in total. The quantitative estimate of drug-likeness (QED) is 0.220. The average molecular weight is 552 g/mol. The van der Waals surface area contributed by atoms with Crippen LogP contribution in [-0.4, -0.2) is 54.4 Å². The van der Waals surface area contributed by atoms with E-state index in [1.165, 1.54) is 0 Å². The highest BCUT2D eigenvalue weighted by molar-refractivity contribution is 9.11. The molecule has 1 amide bonds. The first-order valence-corrected chi connectivity index (χ1v) is 14.3. The zero-order valence-corrected chi connectivity index (χ0v) is 24.5. The van der Waals surface area contributed by atoms with Crippen LogP contribution in [0.4, 0.5) is 0 Å². The SMILES string of the molecule is CC.CCC(C)N=CN=C(C(C)CNC(=O)C1C=CC(Br)=CC1)N(CC)CCC(C)C(=O)C1CC1. The second kappa shape index (κ2) is 16.8. The second-order valence-electron chi connectivity index (χ2n) is 9.39. The van der Waals surface area contributed by atoms with Crippen molar-refractivity contribution in [1.82, 2.24) is 10.2 Å². The molecule has 198 valence electrons. The lowest BCUT2D eigenvalue weighted by atomic mass is 9.98. The molecule has 0 saturated heterocycles. The summed E-state index contributed by atoms with van der Waals surface area (Å²) in [6, 6.07) is 0.224. The van der Waals surface area contributed by atoms with Crippen LogP contribution in [0.5, 0.6) is 0 Å². The summed E-state index contributed by atoms with van der Waals surface area (Å²) in [4.78, 5) is 36.5. The third-order valence-electron chi connectivity index (χ3n) is 6.52. The topological polar surface area (TPSA) is 74.1 Å². The van der Waals surface area contributed by atoms with Gasteiger partial charge in [-0.15, -0.1) is 0 Å². The van der Waals surface area contributed by atoms with E-state index in [1.54, 1.807) is 6.34 Å². The number of amidine groups is 1. The van der Waals surface area contributed by atoms with Gasteiger partial charge in [-0.2, -0.15) is 0 Å². The van der Waals surface area contributed by atoms with Gasteiger partial charge in [-0.3, -0.25) is 14.6 Å². The molecule has 1 fully saturated rings. The van der Waals surface area contributed by atoms with Gasteiger partial charge in [0.05, 0.1) is 5.92 Å². The summed E-state index contributed by atoms with van der Waals surface area (Å²) in [7, 11) is 0. The van der Waals surface area contributed by atoms with Gasteiger partial charge >= 0.3 is 0 Å². The van der Waals surface area contributed by atoms with Gasteiger partial charge in [-0.25, -0.2) is 4.99 Å². The van der Waals surface area contributed by atoms with E-state index in [-0.39, 0.29) is 29.7 Å². The molecule has 0 heterocycles. The first kappa shape index (κ1) is 31.3. The van der Waals surface area contributed by atoms with Crippen LogP contribution in [0, 0.1) is 23.7 Å². The monoisotopic (exact) mass is 550 g/mol. The number of Topliss-reactive ketones (excluding diaryl/α,β-unsaturated/α-hetero) is 1. The maximum absolute atomic E-state index is 12.6. The fourth-order valence-electron chi connectivity index (χ4n) is 3.79. The van der Waals surface area contributed by atoms with E-state index in [9.17, 15) is 9.59 Å². The number of ketones is 1. The molecule has 0 aromatic rings. The molecule has 0 bridgehead atoms. The number of allylic oxidation sites excluding steroid dienone is 3. The molecule has 0 aliphatic heterocycles. The van der Waals surface area contributed by atoms with Crippen molar-refractivity contribution in [3.8, 4) is 0 Å². The van der Waals surface area contributed by atoms with Crippen molar-refractivity contribution in [2.45, 2.75) is 86.6 Å². The van der Waals surface area contributed by atoms with Crippen molar-refractivity contribution < 1.29 is 9.59 Å². The van der Waals surface area contributed by atoms with Gasteiger partial charge in [-0.05, 0) is 46.0 Å². The third kappa shape index (κ3) is 11.2. The van der Waals surface area contributed by atoms with E-state index in [1.807, 2.05) is 39.0 Å². The van der Waals surface area contributed by atoms with Crippen LogP contribution < -0.4 is 5.32 Å². The van der Waals surface area contributed by atoms with Crippen molar-refractivity contribution in [3.05, 3.63) is 22.7 Å². The predicted molar refractivity (Wildman–Crippen MR) is 152 cm³/mol. The lowest BCUT2D eigenvalue weighted by molar-refractivity contribution is -0.124. The standard InChI is InChI=1S/C26H41BrN4O2.C2H6/c1-6-20(5)29-17-30-25(31(7-2)15-14-18(3)24(32)21-8-9-21)19(4)16-28-26(33)22-10-12-23(27)13-11-22;1-2/h10,12-13,17-22H,6-9,11,14-16H2,1-5H3,(H,28,33);1-2H3. The molecule has 0 aromatic carbocycles. The maximum Gasteiger partial charge on any atom is 0.227 e. The number of amides is 1. The number of nitrogens with zero attached hydrogens (tertiary/aromatic N) is 3. The zero-order chi connectivity index (χ0) is 26.4. The Kier molecular flexibility index (Phi) is 15.0. The summed E-state index contributed by atoms with van der Waals surface area (Å²) < 4.78 is 1.02. The highest BCUT2D eigenvalue weighted by atomic mass is 79.9. The lowest BCUT2D eigenvalue weighted by Gasteiger charge is -2.29. The Hall–Kier alpha value is -1.76. The summed E-state index contributed by atoms with van der Waals surface area (Å²) in [6.07, 6.45) is 12.1. The van der Waals surface area contributed by atoms with Crippen LogP contribution in [0.25, 0.3) is 0 Å². The van der Waals surface area contributed by atoms with Crippen molar-refractivity contribution in [2.75, 3.05) is 19.6 Å². The van der Waals surface area contributed by atoms with E-state index in [0.717, 1.165) is 49.1 Å². The van der Waals surface area contributed by atoms with Crippen LogP contribution in [-0.2, 0) is 9.59 Å². The van der Waals surface area contributed by atoms with Crippen molar-refractivity contribution in [3.63, 3.8) is 0 Å². The molecule has 0 radical (unpaired) electrons. The van der Waals surface area contributed by atoms with E-state index in [2.05, 4.69) is 58.8 Å². The average Bonchev–Trinajstić information content (AvgIpc) is 3.72. The number of halogens is 1.